The van der Waals surface area contributed by atoms with Gasteiger partial charge < -0.3 is 18.5 Å². The molecule has 0 unspecified atom stereocenters. The van der Waals surface area contributed by atoms with Crippen LogP contribution in [0.1, 0.15) is 0 Å². The van der Waals surface area contributed by atoms with E-state index in [0.29, 0.717) is 29.3 Å². The first kappa shape index (κ1) is 25.3. The molecular weight excluding hydrogens is 435 g/mol. The lowest BCUT2D eigenvalue weighted by atomic mass is 10.3. The zero-order chi connectivity index (χ0) is 22.6. The summed E-state index contributed by atoms with van der Waals surface area (Å²) in [7, 11) is -4.14. The van der Waals surface area contributed by atoms with Crippen LogP contribution < -0.4 is 23.8 Å². The monoisotopic (exact) mass is 458 g/mol. The summed E-state index contributed by atoms with van der Waals surface area (Å²) in [6.07, 6.45) is 0.603. The quantitative estimate of drug-likeness (QED) is 0.249. The van der Waals surface area contributed by atoms with Gasteiger partial charge in [-0.05, 0) is 48.5 Å². The van der Waals surface area contributed by atoms with Crippen molar-refractivity contribution < 1.29 is 36.1 Å². The molecule has 0 spiro atoms. The van der Waals surface area contributed by atoms with E-state index in [1.165, 1.54) is 0 Å². The average molecular weight is 458 g/mol. The zero-order valence-corrected chi connectivity index (χ0v) is 18.4. The topological polar surface area (TPSA) is 144 Å². The number of nitriles is 1. The Bertz CT molecular complexity index is 911. The summed E-state index contributed by atoms with van der Waals surface area (Å²) in [5.41, 5.74) is 0. The van der Waals surface area contributed by atoms with Crippen molar-refractivity contribution in [1.29, 1.82) is 5.26 Å². The molecule has 0 amide bonds. The van der Waals surface area contributed by atoms with Gasteiger partial charge in [0.05, 0.1) is 33.1 Å². The third-order valence-electron chi connectivity index (χ3n) is 3.12. The van der Waals surface area contributed by atoms with Gasteiger partial charge in [0.1, 0.15) is 29.3 Å². The second-order valence-electron chi connectivity index (χ2n) is 5.62. The standard InChI is InChI=1S/C17H19N2O5P.CH4O3S/c1-21-14-3-7-16(8-4-14)23-25(20,13-19-12-11-18)24-17-9-5-15(22-2)6-10-17;1-5(2,3)4/h3-10,19H,12-13H2,1-2H3;1H3,(H,2,3,4). The Balaban J connectivity index is 0.000000804. The number of ether oxygens (including phenoxy) is 2. The minimum atomic E-state index is -3.67. The molecule has 0 saturated carbocycles. The Kier molecular flexibility index (Phi) is 10.1. The first-order chi connectivity index (χ1) is 14.1. The molecule has 2 N–H and O–H groups in total. The molecule has 0 aliphatic rings. The molecular formula is C18H23N2O8PS. The molecule has 2 aromatic rings. The van der Waals surface area contributed by atoms with Crippen molar-refractivity contribution in [3.63, 3.8) is 0 Å². The maximum absolute atomic E-state index is 13.1. The fraction of sp³-hybridized carbons (Fsp3) is 0.278. The van der Waals surface area contributed by atoms with Crippen LogP contribution in [0.3, 0.4) is 0 Å². The molecule has 0 bridgehead atoms. The first-order valence-corrected chi connectivity index (χ1v) is 11.9. The van der Waals surface area contributed by atoms with Gasteiger partial charge in [-0.1, -0.05) is 0 Å². The number of hydrogen-bond acceptors (Lipinski definition) is 9. The number of hydrogen-bond donors (Lipinski definition) is 2. The van der Waals surface area contributed by atoms with Crippen LogP contribution >= 0.6 is 7.60 Å². The molecule has 30 heavy (non-hydrogen) atoms. The van der Waals surface area contributed by atoms with Crippen molar-refractivity contribution in [2.45, 2.75) is 0 Å². The van der Waals surface area contributed by atoms with Gasteiger partial charge in [-0.15, -0.1) is 0 Å². The second kappa shape index (κ2) is 12.0. The molecule has 0 saturated heterocycles. The van der Waals surface area contributed by atoms with Gasteiger partial charge in [0.15, 0.2) is 0 Å². The third-order valence-corrected chi connectivity index (χ3v) is 4.71. The maximum Gasteiger partial charge on any atom is 0.444 e. The molecule has 0 aromatic heterocycles. The van der Waals surface area contributed by atoms with Crippen LogP contribution in [0, 0.1) is 11.3 Å². The van der Waals surface area contributed by atoms with Crippen LogP contribution in [-0.4, -0.2) is 46.3 Å². The minimum Gasteiger partial charge on any atom is -0.497 e. The normalized spacial score (nSPS) is 10.8. The molecule has 0 aliphatic heterocycles. The summed E-state index contributed by atoms with van der Waals surface area (Å²) in [6.45, 7) is 0.0297. The lowest BCUT2D eigenvalue weighted by molar-refractivity contribution is 0.379. The molecule has 12 heteroatoms. The SMILES string of the molecule is COc1ccc(OP(=O)(CNCC#N)Oc2ccc(OC)cc2)cc1.CS(=O)(=O)O. The summed E-state index contributed by atoms with van der Waals surface area (Å²) >= 11 is 0. The van der Waals surface area contributed by atoms with Crippen molar-refractivity contribution in [1.82, 2.24) is 5.32 Å². The summed E-state index contributed by atoms with van der Waals surface area (Å²) < 4.78 is 60.3. The van der Waals surface area contributed by atoms with Crippen LogP contribution in [0.5, 0.6) is 23.0 Å². The van der Waals surface area contributed by atoms with Crippen molar-refractivity contribution >= 4 is 17.7 Å². The van der Waals surface area contributed by atoms with Crippen LogP contribution in [0.2, 0.25) is 0 Å². The molecule has 2 rings (SSSR count). The van der Waals surface area contributed by atoms with Crippen LogP contribution in [0.25, 0.3) is 0 Å². The molecule has 2 aromatic carbocycles. The minimum absolute atomic E-state index is 0.0297. The Morgan fingerprint density at radius 3 is 1.57 bits per heavy atom. The van der Waals surface area contributed by atoms with Gasteiger partial charge in [-0.3, -0.25) is 9.87 Å². The smallest absolute Gasteiger partial charge is 0.444 e. The van der Waals surface area contributed by atoms with E-state index in [-0.39, 0.29) is 12.8 Å². The number of nitrogens with zero attached hydrogens (tertiary/aromatic N) is 1. The lowest BCUT2D eigenvalue weighted by Gasteiger charge is -2.20. The van der Waals surface area contributed by atoms with Gasteiger partial charge in [0, 0.05) is 0 Å². The highest BCUT2D eigenvalue weighted by Crippen LogP contribution is 2.47. The Morgan fingerprint density at radius 2 is 1.27 bits per heavy atom. The highest BCUT2D eigenvalue weighted by molar-refractivity contribution is 7.85. The third kappa shape index (κ3) is 10.7. The van der Waals surface area contributed by atoms with Gasteiger partial charge in [-0.2, -0.15) is 13.7 Å². The van der Waals surface area contributed by atoms with E-state index >= 15 is 0 Å². The highest BCUT2D eigenvalue weighted by Gasteiger charge is 2.28. The van der Waals surface area contributed by atoms with Gasteiger partial charge in [0.25, 0.3) is 10.1 Å². The molecule has 10 nitrogen and oxygen atoms in total. The van der Waals surface area contributed by atoms with Gasteiger partial charge >= 0.3 is 7.60 Å². The molecule has 164 valence electrons. The zero-order valence-electron chi connectivity index (χ0n) is 16.6. The number of rotatable bonds is 9. The summed E-state index contributed by atoms with van der Waals surface area (Å²) in [4.78, 5) is 0. The summed E-state index contributed by atoms with van der Waals surface area (Å²) in [5.74, 6) is 2.05. The Labute approximate surface area is 175 Å². The summed E-state index contributed by atoms with van der Waals surface area (Å²) in [5, 5.41) is 11.4. The van der Waals surface area contributed by atoms with Gasteiger partial charge in [0.2, 0.25) is 0 Å². The predicted molar refractivity (Wildman–Crippen MR) is 111 cm³/mol. The average Bonchev–Trinajstić information content (AvgIpc) is 2.68. The molecule has 0 heterocycles. The molecule has 0 radical (unpaired) electrons. The lowest BCUT2D eigenvalue weighted by Crippen LogP contribution is -2.20. The van der Waals surface area contributed by atoms with E-state index in [1.807, 2.05) is 6.07 Å². The van der Waals surface area contributed by atoms with Crippen LogP contribution in [0.4, 0.5) is 0 Å². The van der Waals surface area contributed by atoms with Crippen molar-refractivity contribution in [2.24, 2.45) is 0 Å². The summed E-state index contributed by atoms with van der Waals surface area (Å²) in [6, 6.07) is 15.2. The molecule has 0 atom stereocenters. The van der Waals surface area contributed by atoms with Crippen molar-refractivity contribution in [3.05, 3.63) is 48.5 Å². The van der Waals surface area contributed by atoms with E-state index in [9.17, 15) is 13.0 Å². The van der Waals surface area contributed by atoms with Crippen molar-refractivity contribution in [3.8, 4) is 29.1 Å². The van der Waals surface area contributed by atoms with E-state index in [4.69, 9.17) is 28.3 Å². The van der Waals surface area contributed by atoms with Gasteiger partial charge in [-0.25, -0.2) is 4.57 Å². The number of benzene rings is 2. The van der Waals surface area contributed by atoms with E-state index < -0.39 is 17.7 Å². The molecule has 0 fully saturated rings. The van der Waals surface area contributed by atoms with E-state index in [2.05, 4.69) is 5.32 Å². The molecule has 0 aliphatic carbocycles. The number of nitrogens with one attached hydrogen (secondary N) is 1. The van der Waals surface area contributed by atoms with Crippen molar-refractivity contribution in [2.75, 3.05) is 33.3 Å². The second-order valence-corrected chi connectivity index (χ2v) is 8.99. The van der Waals surface area contributed by atoms with E-state index in [0.717, 1.165) is 0 Å². The Morgan fingerprint density at radius 1 is 0.933 bits per heavy atom. The fourth-order valence-corrected chi connectivity index (χ4v) is 3.36. The van der Waals surface area contributed by atoms with Crippen LogP contribution in [0.15, 0.2) is 48.5 Å². The first-order valence-electron chi connectivity index (χ1n) is 8.35. The number of methoxy groups -OCH3 is 2. The Hall–Kier alpha value is -2.77. The highest BCUT2D eigenvalue weighted by atomic mass is 32.2. The van der Waals surface area contributed by atoms with Crippen LogP contribution in [-0.2, 0) is 14.7 Å². The fourth-order valence-electron chi connectivity index (χ4n) is 1.93. The predicted octanol–water partition coefficient (Wildman–Crippen LogP) is 2.93. The maximum atomic E-state index is 13.1. The van der Waals surface area contributed by atoms with E-state index in [1.54, 1.807) is 62.8 Å². The largest absolute Gasteiger partial charge is 0.497 e.